The molecule has 31 heavy (non-hydrogen) atoms. The van der Waals surface area contributed by atoms with Crippen LogP contribution in [0.1, 0.15) is 111 Å². The topological polar surface area (TPSA) is 64.6 Å². The zero-order valence-corrected chi connectivity index (χ0v) is 21.7. The van der Waals surface area contributed by atoms with E-state index in [9.17, 15) is 9.59 Å². The van der Waals surface area contributed by atoms with Crippen molar-refractivity contribution in [3.05, 3.63) is 0 Å². The van der Waals surface area contributed by atoms with Gasteiger partial charge < -0.3 is 14.8 Å². The molecule has 1 N–H and O–H groups in total. The smallest absolute Gasteiger partial charge is 0.407 e. The molecule has 5 nitrogen and oxygen atoms in total. The zero-order chi connectivity index (χ0) is 23.4. The molecule has 0 aliphatic rings. The number of hydrogen-bond acceptors (Lipinski definition) is 5. The second-order valence-electron chi connectivity index (χ2n) is 9.67. The van der Waals surface area contributed by atoms with Gasteiger partial charge in [0.25, 0.3) is 0 Å². The van der Waals surface area contributed by atoms with E-state index in [1.165, 1.54) is 64.2 Å². The fraction of sp³-hybridized carbons (Fsp3) is 0.920. The molecule has 0 aliphatic heterocycles. The zero-order valence-electron chi connectivity index (χ0n) is 20.9. The lowest BCUT2D eigenvalue weighted by molar-refractivity contribution is -0.146. The summed E-state index contributed by atoms with van der Waals surface area (Å²) in [5, 5.41) is 2.67. The second-order valence-corrected chi connectivity index (χ2v) is 10.7. The first-order valence-electron chi connectivity index (χ1n) is 12.4. The number of carbonyl (C=O) groups is 2. The summed E-state index contributed by atoms with van der Waals surface area (Å²) in [5.74, 6) is 0.419. The minimum absolute atomic E-state index is 0.110. The number of alkyl carbamates (subject to hydrolysis) is 1. The van der Waals surface area contributed by atoms with Crippen LogP contribution in [0, 0.1) is 5.41 Å². The van der Waals surface area contributed by atoms with Crippen molar-refractivity contribution < 1.29 is 19.1 Å². The Morgan fingerprint density at radius 1 is 0.839 bits per heavy atom. The Labute approximate surface area is 196 Å². The lowest BCUT2D eigenvalue weighted by atomic mass is 9.99. The molecule has 0 heterocycles. The van der Waals surface area contributed by atoms with E-state index in [-0.39, 0.29) is 11.4 Å². The predicted octanol–water partition coefficient (Wildman–Crippen LogP) is 7.12. The van der Waals surface area contributed by atoms with E-state index in [0.29, 0.717) is 19.6 Å². The summed E-state index contributed by atoms with van der Waals surface area (Å²) >= 11 is 1.64. The summed E-state index contributed by atoms with van der Waals surface area (Å²) in [6, 6.07) is -0.641. The molecule has 0 saturated heterocycles. The maximum absolute atomic E-state index is 12.4. The molecule has 0 radical (unpaired) electrons. The van der Waals surface area contributed by atoms with Crippen LogP contribution in [0.3, 0.4) is 0 Å². The highest BCUT2D eigenvalue weighted by Crippen LogP contribution is 2.14. The lowest BCUT2D eigenvalue weighted by Crippen LogP contribution is -2.43. The Morgan fingerprint density at radius 3 is 1.84 bits per heavy atom. The van der Waals surface area contributed by atoms with Crippen LogP contribution in [-0.2, 0) is 14.3 Å². The normalized spacial score (nSPS) is 12.4. The van der Waals surface area contributed by atoms with Crippen molar-refractivity contribution in [3.8, 4) is 0 Å². The standard InChI is InChI=1S/C25H49NO4S/c1-6-7-8-9-10-11-12-13-14-15-16-17-19-29-23(27)22(18-20-31-5)26-24(28)30-21-25(2,3)4/h22H,6-21H2,1-5H3,(H,26,28). The SMILES string of the molecule is CCCCCCCCCCCCCCOC(=O)C(CCSC)NC(=O)OCC(C)(C)C. The van der Waals surface area contributed by atoms with E-state index in [2.05, 4.69) is 12.2 Å². The highest BCUT2D eigenvalue weighted by Gasteiger charge is 2.23. The maximum Gasteiger partial charge on any atom is 0.407 e. The number of unbranched alkanes of at least 4 members (excludes halogenated alkanes) is 11. The van der Waals surface area contributed by atoms with Gasteiger partial charge in [-0.15, -0.1) is 0 Å². The van der Waals surface area contributed by atoms with E-state index in [1.54, 1.807) is 11.8 Å². The summed E-state index contributed by atoms with van der Waals surface area (Å²) in [6.07, 6.45) is 17.3. The molecular formula is C25H49NO4S. The molecule has 0 aromatic rings. The quantitative estimate of drug-likeness (QED) is 0.164. The first-order chi connectivity index (χ1) is 14.8. The van der Waals surface area contributed by atoms with Gasteiger partial charge in [0.05, 0.1) is 13.2 Å². The third-order valence-corrected chi connectivity index (χ3v) is 5.71. The summed E-state index contributed by atoms with van der Waals surface area (Å²) in [6.45, 7) is 8.97. The summed E-state index contributed by atoms with van der Waals surface area (Å²) < 4.78 is 10.6. The Balaban J connectivity index is 3.86. The van der Waals surface area contributed by atoms with E-state index in [4.69, 9.17) is 9.47 Å². The van der Waals surface area contributed by atoms with Crippen molar-refractivity contribution in [1.82, 2.24) is 5.32 Å². The van der Waals surface area contributed by atoms with Crippen LogP contribution in [0.5, 0.6) is 0 Å². The van der Waals surface area contributed by atoms with Gasteiger partial charge in [-0.3, -0.25) is 0 Å². The third kappa shape index (κ3) is 20.7. The molecule has 0 aliphatic carbocycles. The highest BCUT2D eigenvalue weighted by atomic mass is 32.2. The van der Waals surface area contributed by atoms with Gasteiger partial charge in [-0.1, -0.05) is 98.3 Å². The summed E-state index contributed by atoms with van der Waals surface area (Å²) in [5.41, 5.74) is -0.110. The van der Waals surface area contributed by atoms with Gasteiger partial charge >= 0.3 is 12.1 Å². The van der Waals surface area contributed by atoms with E-state index >= 15 is 0 Å². The van der Waals surface area contributed by atoms with Gasteiger partial charge in [0, 0.05) is 0 Å². The fourth-order valence-corrected chi connectivity index (χ4v) is 3.64. The number of hydrogen-bond donors (Lipinski definition) is 1. The van der Waals surface area contributed by atoms with Gasteiger partial charge in [-0.25, -0.2) is 9.59 Å². The van der Waals surface area contributed by atoms with Crippen LogP contribution in [0.2, 0.25) is 0 Å². The second kappa shape index (κ2) is 19.8. The minimum Gasteiger partial charge on any atom is -0.464 e. The first kappa shape index (κ1) is 30.1. The Kier molecular flexibility index (Phi) is 19.2. The number of carbonyl (C=O) groups excluding carboxylic acids is 2. The van der Waals surface area contributed by atoms with Gasteiger partial charge in [-0.2, -0.15) is 11.8 Å². The predicted molar refractivity (Wildman–Crippen MR) is 133 cm³/mol. The van der Waals surface area contributed by atoms with Crippen molar-refractivity contribution >= 4 is 23.8 Å². The van der Waals surface area contributed by atoms with Crippen LogP contribution >= 0.6 is 11.8 Å². The van der Waals surface area contributed by atoms with E-state index < -0.39 is 12.1 Å². The van der Waals surface area contributed by atoms with Crippen molar-refractivity contribution in [2.24, 2.45) is 5.41 Å². The first-order valence-corrected chi connectivity index (χ1v) is 13.8. The average molecular weight is 460 g/mol. The molecule has 1 atom stereocenters. The molecule has 0 bridgehead atoms. The van der Waals surface area contributed by atoms with Crippen LogP contribution in [0.15, 0.2) is 0 Å². The third-order valence-electron chi connectivity index (χ3n) is 5.07. The van der Waals surface area contributed by atoms with Gasteiger partial charge in [0.1, 0.15) is 6.04 Å². The molecule has 6 heteroatoms. The average Bonchev–Trinajstić information content (AvgIpc) is 2.72. The molecule has 0 fully saturated rings. The van der Waals surface area contributed by atoms with Crippen molar-refractivity contribution in [2.45, 2.75) is 117 Å². The number of ether oxygens (including phenoxy) is 2. The lowest BCUT2D eigenvalue weighted by Gasteiger charge is -2.21. The van der Waals surface area contributed by atoms with Crippen molar-refractivity contribution in [3.63, 3.8) is 0 Å². The Bertz CT molecular complexity index is 451. The van der Waals surface area contributed by atoms with Crippen LogP contribution in [0.25, 0.3) is 0 Å². The molecule has 0 aromatic carbocycles. The van der Waals surface area contributed by atoms with E-state index in [0.717, 1.165) is 18.6 Å². The van der Waals surface area contributed by atoms with Crippen LogP contribution in [0.4, 0.5) is 4.79 Å². The molecule has 0 saturated carbocycles. The molecule has 184 valence electrons. The van der Waals surface area contributed by atoms with Gasteiger partial charge in [0.15, 0.2) is 0 Å². The number of rotatable bonds is 19. The van der Waals surface area contributed by atoms with E-state index in [1.807, 2.05) is 27.0 Å². The monoisotopic (exact) mass is 459 g/mol. The summed E-state index contributed by atoms with van der Waals surface area (Å²) in [4.78, 5) is 24.4. The number of thioether (sulfide) groups is 1. The number of nitrogens with one attached hydrogen (secondary N) is 1. The number of esters is 1. The molecule has 0 spiro atoms. The molecule has 1 unspecified atom stereocenters. The highest BCUT2D eigenvalue weighted by molar-refractivity contribution is 7.98. The molecule has 0 rings (SSSR count). The Morgan fingerprint density at radius 2 is 1.35 bits per heavy atom. The van der Waals surface area contributed by atoms with Crippen molar-refractivity contribution in [2.75, 3.05) is 25.2 Å². The largest absolute Gasteiger partial charge is 0.464 e. The maximum atomic E-state index is 12.4. The fourth-order valence-electron chi connectivity index (χ4n) is 3.17. The Hall–Kier alpha value is -0.910. The molecular weight excluding hydrogens is 410 g/mol. The van der Waals surface area contributed by atoms with Crippen LogP contribution < -0.4 is 5.32 Å². The van der Waals surface area contributed by atoms with Crippen molar-refractivity contribution in [1.29, 1.82) is 0 Å². The van der Waals surface area contributed by atoms with Crippen LogP contribution in [-0.4, -0.2) is 43.3 Å². The number of amides is 1. The summed E-state index contributed by atoms with van der Waals surface area (Å²) in [7, 11) is 0. The molecule has 1 amide bonds. The van der Waals surface area contributed by atoms with Gasteiger partial charge in [-0.05, 0) is 30.3 Å². The minimum atomic E-state index is -0.641. The molecule has 0 aromatic heterocycles. The van der Waals surface area contributed by atoms with Gasteiger partial charge in [0.2, 0.25) is 0 Å².